The van der Waals surface area contributed by atoms with Crippen molar-refractivity contribution in [1.29, 1.82) is 0 Å². The molecule has 3 nitrogen and oxygen atoms in total. The number of carbonyl (C=O) groups excluding carboxylic acids is 1. The van der Waals surface area contributed by atoms with Gasteiger partial charge in [-0.15, -0.1) is 24.5 Å². The summed E-state index contributed by atoms with van der Waals surface area (Å²) in [6.07, 6.45) is 3.29. The standard InChI is InChI=1S/C15H15FN2OS/c1-3-7-18(8-4-2)15(19)14-13(17)11-9-10(16)5-6-12(11)20-14/h3-6,9H,1-2,7-8,17H2. The molecule has 1 amide bonds. The van der Waals surface area contributed by atoms with Crippen LogP contribution in [0.5, 0.6) is 0 Å². The SMILES string of the molecule is C=CCN(CC=C)C(=O)c1sc2ccc(F)cc2c1N. The van der Waals surface area contributed by atoms with Crippen LogP contribution in [0.3, 0.4) is 0 Å². The van der Waals surface area contributed by atoms with E-state index < -0.39 is 0 Å². The van der Waals surface area contributed by atoms with Crippen LogP contribution < -0.4 is 5.73 Å². The van der Waals surface area contributed by atoms with E-state index in [1.54, 1.807) is 23.1 Å². The summed E-state index contributed by atoms with van der Waals surface area (Å²) in [5.41, 5.74) is 6.31. The van der Waals surface area contributed by atoms with Crippen LogP contribution in [0.25, 0.3) is 10.1 Å². The summed E-state index contributed by atoms with van der Waals surface area (Å²) in [6, 6.07) is 4.34. The highest BCUT2D eigenvalue weighted by Crippen LogP contribution is 2.34. The highest BCUT2D eigenvalue weighted by Gasteiger charge is 2.20. The molecule has 0 saturated carbocycles. The summed E-state index contributed by atoms with van der Waals surface area (Å²) in [6.45, 7) is 8.08. The molecule has 0 aliphatic heterocycles. The zero-order chi connectivity index (χ0) is 14.7. The van der Waals surface area contributed by atoms with Gasteiger partial charge in [-0.2, -0.15) is 0 Å². The van der Waals surface area contributed by atoms with Gasteiger partial charge in [-0.25, -0.2) is 4.39 Å². The monoisotopic (exact) mass is 290 g/mol. The zero-order valence-corrected chi connectivity index (χ0v) is 11.8. The maximum absolute atomic E-state index is 13.3. The summed E-state index contributed by atoms with van der Waals surface area (Å²) in [7, 11) is 0. The largest absolute Gasteiger partial charge is 0.397 e. The van der Waals surface area contributed by atoms with E-state index in [9.17, 15) is 9.18 Å². The first kappa shape index (κ1) is 14.3. The number of rotatable bonds is 5. The molecule has 0 aliphatic carbocycles. The Balaban J connectivity index is 2.45. The van der Waals surface area contributed by atoms with Crippen molar-refractivity contribution >= 4 is 33.0 Å². The van der Waals surface area contributed by atoms with E-state index in [4.69, 9.17) is 5.73 Å². The number of hydrogen-bond donors (Lipinski definition) is 1. The fourth-order valence-corrected chi connectivity index (χ4v) is 3.01. The first-order valence-electron chi connectivity index (χ1n) is 6.07. The molecule has 0 aliphatic rings. The second kappa shape index (κ2) is 5.88. The van der Waals surface area contributed by atoms with Gasteiger partial charge in [0.05, 0.1) is 5.69 Å². The lowest BCUT2D eigenvalue weighted by Gasteiger charge is -2.18. The van der Waals surface area contributed by atoms with Crippen LogP contribution in [0.1, 0.15) is 9.67 Å². The van der Waals surface area contributed by atoms with E-state index in [1.165, 1.54) is 23.5 Å². The smallest absolute Gasteiger partial charge is 0.266 e. The van der Waals surface area contributed by atoms with Gasteiger partial charge in [0, 0.05) is 23.2 Å². The summed E-state index contributed by atoms with van der Waals surface area (Å²) in [5, 5.41) is 0.579. The fraction of sp³-hybridized carbons (Fsp3) is 0.133. The molecule has 104 valence electrons. The molecule has 0 fully saturated rings. The number of anilines is 1. The minimum Gasteiger partial charge on any atom is -0.397 e. The molecule has 1 aromatic heterocycles. The Hall–Kier alpha value is -2.14. The van der Waals surface area contributed by atoms with E-state index in [2.05, 4.69) is 13.2 Å². The normalized spacial score (nSPS) is 10.4. The van der Waals surface area contributed by atoms with Crippen LogP contribution in [0, 0.1) is 5.82 Å². The van der Waals surface area contributed by atoms with Crippen molar-refractivity contribution in [3.05, 3.63) is 54.2 Å². The highest BCUT2D eigenvalue weighted by molar-refractivity contribution is 7.21. The van der Waals surface area contributed by atoms with Gasteiger partial charge in [-0.3, -0.25) is 4.79 Å². The van der Waals surface area contributed by atoms with E-state index >= 15 is 0 Å². The molecule has 20 heavy (non-hydrogen) atoms. The van der Waals surface area contributed by atoms with Gasteiger partial charge in [0.1, 0.15) is 10.7 Å². The number of benzene rings is 1. The topological polar surface area (TPSA) is 46.3 Å². The third-order valence-corrected chi connectivity index (χ3v) is 4.04. The van der Waals surface area contributed by atoms with Gasteiger partial charge in [0.25, 0.3) is 5.91 Å². The van der Waals surface area contributed by atoms with Crippen LogP contribution in [0.4, 0.5) is 10.1 Å². The van der Waals surface area contributed by atoms with Crippen LogP contribution in [-0.2, 0) is 0 Å². The van der Waals surface area contributed by atoms with Crippen molar-refractivity contribution in [2.24, 2.45) is 0 Å². The number of carbonyl (C=O) groups is 1. The number of nitrogens with zero attached hydrogens (tertiary/aromatic N) is 1. The van der Waals surface area contributed by atoms with Crippen LogP contribution in [-0.4, -0.2) is 23.9 Å². The predicted octanol–water partition coefficient (Wildman–Crippen LogP) is 3.44. The molecule has 2 N–H and O–H groups in total. The molecule has 0 spiro atoms. The predicted molar refractivity (Wildman–Crippen MR) is 82.5 cm³/mol. The lowest BCUT2D eigenvalue weighted by Crippen LogP contribution is -2.31. The molecule has 0 unspecified atom stereocenters. The molecule has 0 saturated heterocycles. The van der Waals surface area contributed by atoms with Gasteiger partial charge < -0.3 is 10.6 Å². The number of amides is 1. The Morgan fingerprint density at radius 3 is 2.60 bits per heavy atom. The van der Waals surface area contributed by atoms with Gasteiger partial charge in [0.2, 0.25) is 0 Å². The second-order valence-corrected chi connectivity index (χ2v) is 5.33. The van der Waals surface area contributed by atoms with E-state index in [0.717, 1.165) is 4.70 Å². The maximum atomic E-state index is 13.3. The quantitative estimate of drug-likeness (QED) is 0.857. The van der Waals surface area contributed by atoms with Crippen LogP contribution in [0.15, 0.2) is 43.5 Å². The Labute approximate surface area is 120 Å². The minimum atomic E-state index is -0.366. The van der Waals surface area contributed by atoms with E-state index in [-0.39, 0.29) is 11.7 Å². The summed E-state index contributed by atoms with van der Waals surface area (Å²) in [4.78, 5) is 14.5. The number of hydrogen-bond acceptors (Lipinski definition) is 3. The maximum Gasteiger partial charge on any atom is 0.266 e. The lowest BCUT2D eigenvalue weighted by atomic mass is 10.2. The van der Waals surface area contributed by atoms with Crippen molar-refractivity contribution in [2.75, 3.05) is 18.8 Å². The average Bonchev–Trinajstić information content (AvgIpc) is 2.75. The van der Waals surface area contributed by atoms with E-state index in [0.29, 0.717) is 29.0 Å². The third-order valence-electron chi connectivity index (χ3n) is 2.87. The van der Waals surface area contributed by atoms with Crippen LogP contribution in [0.2, 0.25) is 0 Å². The van der Waals surface area contributed by atoms with Gasteiger partial charge in [0.15, 0.2) is 0 Å². The molecule has 0 radical (unpaired) electrons. The fourth-order valence-electron chi connectivity index (χ4n) is 1.94. The van der Waals surface area contributed by atoms with Gasteiger partial charge in [-0.1, -0.05) is 12.2 Å². The molecular formula is C15H15FN2OS. The molecule has 0 bridgehead atoms. The second-order valence-electron chi connectivity index (χ2n) is 4.27. The zero-order valence-electron chi connectivity index (χ0n) is 10.9. The number of nitrogens with two attached hydrogens (primary N) is 1. The average molecular weight is 290 g/mol. The molecule has 2 aromatic rings. The first-order chi connectivity index (χ1) is 9.58. The minimum absolute atomic E-state index is 0.191. The van der Waals surface area contributed by atoms with Crippen LogP contribution >= 0.6 is 11.3 Å². The number of halogens is 1. The molecule has 1 aromatic carbocycles. The summed E-state index contributed by atoms with van der Waals surface area (Å²) in [5.74, 6) is -0.557. The van der Waals surface area contributed by atoms with Gasteiger partial charge in [-0.05, 0) is 18.2 Å². The van der Waals surface area contributed by atoms with Crippen molar-refractivity contribution in [3.63, 3.8) is 0 Å². The Morgan fingerprint density at radius 2 is 2.00 bits per heavy atom. The lowest BCUT2D eigenvalue weighted by molar-refractivity contribution is 0.0796. The Morgan fingerprint density at radius 1 is 1.35 bits per heavy atom. The number of nitrogen functional groups attached to an aromatic ring is 1. The Kier molecular flexibility index (Phi) is 4.20. The van der Waals surface area contributed by atoms with Crippen molar-refractivity contribution in [1.82, 2.24) is 4.90 Å². The summed E-state index contributed by atoms with van der Waals surface area (Å²) >= 11 is 1.27. The first-order valence-corrected chi connectivity index (χ1v) is 6.88. The van der Waals surface area contributed by atoms with E-state index in [1.807, 2.05) is 0 Å². The number of thiophene rings is 1. The molecule has 5 heteroatoms. The Bertz CT molecular complexity index is 668. The third kappa shape index (κ3) is 2.58. The molecule has 0 atom stereocenters. The molecule has 1 heterocycles. The van der Waals surface area contributed by atoms with Crippen molar-refractivity contribution < 1.29 is 9.18 Å². The molecule has 2 rings (SSSR count). The highest BCUT2D eigenvalue weighted by atomic mass is 32.1. The van der Waals surface area contributed by atoms with Crippen molar-refractivity contribution in [2.45, 2.75) is 0 Å². The molecular weight excluding hydrogens is 275 g/mol. The number of fused-ring (bicyclic) bond motifs is 1. The van der Waals surface area contributed by atoms with Crippen molar-refractivity contribution in [3.8, 4) is 0 Å². The summed E-state index contributed by atoms with van der Waals surface area (Å²) < 4.78 is 14.1. The van der Waals surface area contributed by atoms with Gasteiger partial charge >= 0.3 is 0 Å².